The number of aryl methyl sites for hydroxylation is 2. The zero-order chi connectivity index (χ0) is 15.4. The van der Waals surface area contributed by atoms with Crippen LogP contribution >= 0.6 is 0 Å². The average Bonchev–Trinajstić information content (AvgIpc) is 2.75. The predicted octanol–water partition coefficient (Wildman–Crippen LogP) is 3.84. The van der Waals surface area contributed by atoms with E-state index in [1.165, 1.54) is 0 Å². The van der Waals surface area contributed by atoms with E-state index in [0.717, 1.165) is 59.2 Å². The first-order valence-electron chi connectivity index (χ1n) is 7.47. The van der Waals surface area contributed by atoms with Gasteiger partial charge in [0.2, 0.25) is 0 Å². The molecule has 2 N–H and O–H groups in total. The van der Waals surface area contributed by atoms with Crippen molar-refractivity contribution in [2.24, 2.45) is 0 Å². The number of carbonyl (C=O) groups is 1. The summed E-state index contributed by atoms with van der Waals surface area (Å²) < 4.78 is 5.49. The van der Waals surface area contributed by atoms with Crippen LogP contribution in [-0.4, -0.2) is 23.2 Å². The molecule has 0 unspecified atom stereocenters. The fraction of sp³-hybridized carbons (Fsp3) is 0.471. The van der Waals surface area contributed by atoms with Gasteiger partial charge in [0.05, 0.1) is 13.5 Å². The van der Waals surface area contributed by atoms with E-state index in [1.807, 2.05) is 19.1 Å². The number of fused-ring (bicyclic) bond motifs is 1. The summed E-state index contributed by atoms with van der Waals surface area (Å²) in [4.78, 5) is 14.4. The van der Waals surface area contributed by atoms with Crippen molar-refractivity contribution in [1.29, 1.82) is 0 Å². The van der Waals surface area contributed by atoms with Gasteiger partial charge >= 0.3 is 5.97 Å². The van der Waals surface area contributed by atoms with Crippen molar-refractivity contribution in [2.75, 3.05) is 7.11 Å². The standard InChI is InChI=1S/C17H23NO3/c1-4-5-6-7-12-15(21-3)9-8-14-17(12)13(10-16(19)20)11(2)18-14/h8-9,18H,4-7,10H2,1-3H3,(H,19,20). The van der Waals surface area contributed by atoms with Crippen molar-refractivity contribution in [3.8, 4) is 5.75 Å². The smallest absolute Gasteiger partial charge is 0.307 e. The van der Waals surface area contributed by atoms with E-state index < -0.39 is 5.97 Å². The third-order valence-corrected chi connectivity index (χ3v) is 3.92. The second-order valence-corrected chi connectivity index (χ2v) is 5.43. The number of hydrogen-bond acceptors (Lipinski definition) is 2. The second-order valence-electron chi connectivity index (χ2n) is 5.43. The summed E-state index contributed by atoms with van der Waals surface area (Å²) in [5.74, 6) is 0.0468. The lowest BCUT2D eigenvalue weighted by Crippen LogP contribution is -2.02. The number of aromatic amines is 1. The Morgan fingerprint density at radius 1 is 1.29 bits per heavy atom. The number of methoxy groups -OCH3 is 1. The Morgan fingerprint density at radius 2 is 2.05 bits per heavy atom. The lowest BCUT2D eigenvalue weighted by atomic mass is 9.97. The molecule has 0 aliphatic rings. The topological polar surface area (TPSA) is 62.3 Å². The number of aromatic nitrogens is 1. The highest BCUT2D eigenvalue weighted by atomic mass is 16.5. The molecular weight excluding hydrogens is 266 g/mol. The van der Waals surface area contributed by atoms with Gasteiger partial charge in [-0.25, -0.2) is 0 Å². The average molecular weight is 289 g/mol. The molecule has 0 saturated carbocycles. The molecule has 0 aliphatic heterocycles. The number of carboxylic acid groups (broad SMARTS) is 1. The third kappa shape index (κ3) is 3.20. The molecule has 4 heteroatoms. The van der Waals surface area contributed by atoms with E-state index in [-0.39, 0.29) is 6.42 Å². The van der Waals surface area contributed by atoms with Crippen molar-refractivity contribution >= 4 is 16.9 Å². The Balaban J connectivity index is 2.56. The molecule has 1 aromatic carbocycles. The van der Waals surface area contributed by atoms with Crippen LogP contribution in [0.4, 0.5) is 0 Å². The summed E-state index contributed by atoms with van der Waals surface area (Å²) in [6.07, 6.45) is 4.37. The zero-order valence-corrected chi connectivity index (χ0v) is 13.0. The molecule has 0 aliphatic carbocycles. The van der Waals surface area contributed by atoms with E-state index in [0.29, 0.717) is 0 Å². The minimum Gasteiger partial charge on any atom is -0.496 e. The maximum atomic E-state index is 11.1. The van der Waals surface area contributed by atoms with Gasteiger partial charge in [0.15, 0.2) is 0 Å². The van der Waals surface area contributed by atoms with Gasteiger partial charge in [-0.15, -0.1) is 0 Å². The van der Waals surface area contributed by atoms with Gasteiger partial charge in [-0.1, -0.05) is 19.8 Å². The molecule has 0 fully saturated rings. The fourth-order valence-electron chi connectivity index (χ4n) is 2.91. The van der Waals surface area contributed by atoms with E-state index in [9.17, 15) is 4.79 Å². The Hall–Kier alpha value is -1.97. The number of ether oxygens (including phenoxy) is 1. The van der Waals surface area contributed by atoms with Crippen molar-refractivity contribution < 1.29 is 14.6 Å². The highest BCUT2D eigenvalue weighted by molar-refractivity contribution is 5.92. The summed E-state index contributed by atoms with van der Waals surface area (Å²) in [7, 11) is 1.67. The second kappa shape index (κ2) is 6.66. The molecular formula is C17H23NO3. The SMILES string of the molecule is CCCCCc1c(OC)ccc2[nH]c(C)c(CC(=O)O)c12. The van der Waals surface area contributed by atoms with Gasteiger partial charge in [0.25, 0.3) is 0 Å². The summed E-state index contributed by atoms with van der Waals surface area (Å²) in [6.45, 7) is 4.11. The van der Waals surface area contributed by atoms with E-state index in [2.05, 4.69) is 11.9 Å². The number of benzene rings is 1. The van der Waals surface area contributed by atoms with E-state index in [4.69, 9.17) is 9.84 Å². The first-order chi connectivity index (χ1) is 10.1. The van der Waals surface area contributed by atoms with Crippen molar-refractivity contribution in [2.45, 2.75) is 46.0 Å². The molecule has 4 nitrogen and oxygen atoms in total. The summed E-state index contributed by atoms with van der Waals surface area (Å²) >= 11 is 0. The van der Waals surface area contributed by atoms with Crippen LogP contribution in [0.3, 0.4) is 0 Å². The number of rotatable bonds is 7. The minimum atomic E-state index is -0.804. The van der Waals surface area contributed by atoms with Gasteiger partial charge in [0.1, 0.15) is 5.75 Å². The molecule has 0 atom stereocenters. The maximum Gasteiger partial charge on any atom is 0.307 e. The van der Waals surface area contributed by atoms with Crippen LogP contribution in [0, 0.1) is 6.92 Å². The van der Waals surface area contributed by atoms with Gasteiger partial charge < -0.3 is 14.8 Å². The number of H-pyrrole nitrogens is 1. The van der Waals surface area contributed by atoms with Crippen LogP contribution < -0.4 is 4.74 Å². The summed E-state index contributed by atoms with van der Waals surface area (Å²) in [6, 6.07) is 3.93. The molecule has 0 saturated heterocycles. The number of unbranched alkanes of at least 4 members (excludes halogenated alkanes) is 2. The Bertz CT molecular complexity index is 643. The van der Waals surface area contributed by atoms with Crippen molar-refractivity contribution in [3.63, 3.8) is 0 Å². The van der Waals surface area contributed by atoms with Crippen molar-refractivity contribution in [3.05, 3.63) is 29.0 Å². The van der Waals surface area contributed by atoms with E-state index in [1.54, 1.807) is 7.11 Å². The predicted molar refractivity (Wildman–Crippen MR) is 84.2 cm³/mol. The molecule has 21 heavy (non-hydrogen) atoms. The van der Waals surface area contributed by atoms with Crippen LogP contribution in [0.5, 0.6) is 5.75 Å². The Morgan fingerprint density at radius 3 is 2.67 bits per heavy atom. The number of carboxylic acids is 1. The van der Waals surface area contributed by atoms with Gasteiger partial charge in [-0.3, -0.25) is 4.79 Å². The lowest BCUT2D eigenvalue weighted by Gasteiger charge is -2.11. The van der Waals surface area contributed by atoms with Gasteiger partial charge in [0, 0.05) is 22.2 Å². The molecule has 2 aromatic rings. The first-order valence-corrected chi connectivity index (χ1v) is 7.47. The highest BCUT2D eigenvalue weighted by Gasteiger charge is 2.17. The largest absolute Gasteiger partial charge is 0.496 e. The molecule has 1 aromatic heterocycles. The minimum absolute atomic E-state index is 0.0414. The van der Waals surface area contributed by atoms with Crippen LogP contribution in [0.1, 0.15) is 43.0 Å². The molecule has 0 amide bonds. The third-order valence-electron chi connectivity index (χ3n) is 3.92. The Kier molecular flexibility index (Phi) is 4.89. The molecule has 2 rings (SSSR count). The maximum absolute atomic E-state index is 11.1. The van der Waals surface area contributed by atoms with Crippen LogP contribution in [0.2, 0.25) is 0 Å². The monoisotopic (exact) mass is 289 g/mol. The molecule has 0 spiro atoms. The Labute approximate surface area is 125 Å². The number of nitrogens with one attached hydrogen (secondary N) is 1. The normalized spacial score (nSPS) is 11.0. The zero-order valence-electron chi connectivity index (χ0n) is 13.0. The molecule has 114 valence electrons. The first kappa shape index (κ1) is 15.4. The fourth-order valence-corrected chi connectivity index (χ4v) is 2.91. The lowest BCUT2D eigenvalue weighted by molar-refractivity contribution is -0.136. The van der Waals surface area contributed by atoms with Crippen LogP contribution in [-0.2, 0) is 17.6 Å². The highest BCUT2D eigenvalue weighted by Crippen LogP contribution is 2.33. The molecule has 0 bridgehead atoms. The van der Waals surface area contributed by atoms with Crippen LogP contribution in [0.15, 0.2) is 12.1 Å². The summed E-state index contributed by atoms with van der Waals surface area (Å²) in [5, 5.41) is 10.2. The van der Waals surface area contributed by atoms with Gasteiger partial charge in [-0.05, 0) is 37.5 Å². The van der Waals surface area contributed by atoms with Gasteiger partial charge in [-0.2, -0.15) is 0 Å². The van der Waals surface area contributed by atoms with E-state index >= 15 is 0 Å². The molecule has 1 heterocycles. The number of hydrogen-bond donors (Lipinski definition) is 2. The quantitative estimate of drug-likeness (QED) is 0.761. The van der Waals surface area contributed by atoms with Crippen molar-refractivity contribution in [1.82, 2.24) is 4.98 Å². The summed E-state index contributed by atoms with van der Waals surface area (Å²) in [5.41, 5.74) is 3.93. The van der Waals surface area contributed by atoms with Crippen LogP contribution in [0.25, 0.3) is 10.9 Å². The molecule has 0 radical (unpaired) electrons. The number of aliphatic carboxylic acids is 1.